The Labute approximate surface area is 169 Å². The fourth-order valence-corrected chi connectivity index (χ4v) is 4.90. The highest BCUT2D eigenvalue weighted by atomic mass is 35.5. The summed E-state index contributed by atoms with van der Waals surface area (Å²) in [5.74, 6) is 0.115. The highest BCUT2D eigenvalue weighted by molar-refractivity contribution is 6.44. The normalized spacial score (nSPS) is 23.3. The largest absolute Gasteiger partial charge is 0.376 e. The molecule has 0 spiro atoms. The highest BCUT2D eigenvalue weighted by Crippen LogP contribution is 2.55. The average Bonchev–Trinajstić information content (AvgIpc) is 3.08. The Kier molecular flexibility index (Phi) is 4.56. The number of nitro groups is 1. The van der Waals surface area contributed by atoms with Crippen LogP contribution in [-0.2, 0) is 0 Å². The maximum absolute atomic E-state index is 11.2. The first-order valence-corrected chi connectivity index (χ1v) is 9.44. The number of anilines is 1. The van der Waals surface area contributed by atoms with Crippen molar-refractivity contribution in [2.75, 3.05) is 5.32 Å². The summed E-state index contributed by atoms with van der Waals surface area (Å²) < 4.78 is 0. The van der Waals surface area contributed by atoms with Gasteiger partial charge in [0.2, 0.25) is 0 Å². The van der Waals surface area contributed by atoms with Gasteiger partial charge in [-0.2, -0.15) is 0 Å². The Balaban J connectivity index is 1.88. The molecule has 3 atom stereocenters. The van der Waals surface area contributed by atoms with Crippen LogP contribution in [0.15, 0.2) is 36.4 Å². The molecular weight excluding hydrogens is 418 g/mol. The number of fused-ring (bicyclic) bond motifs is 3. The summed E-state index contributed by atoms with van der Waals surface area (Å²) in [6.07, 6.45) is 4.96. The molecule has 1 heterocycles. The zero-order valence-electron chi connectivity index (χ0n) is 13.2. The van der Waals surface area contributed by atoms with Crippen molar-refractivity contribution in [3.63, 3.8) is 0 Å². The summed E-state index contributed by atoms with van der Waals surface area (Å²) in [6, 6.07) is 5.84. The molecule has 1 aliphatic carbocycles. The van der Waals surface area contributed by atoms with E-state index in [0.29, 0.717) is 31.3 Å². The summed E-state index contributed by atoms with van der Waals surface area (Å²) in [7, 11) is 0. The molecular formula is C18H12Cl4N2O2. The van der Waals surface area contributed by atoms with Crippen LogP contribution >= 0.6 is 46.4 Å². The molecule has 2 aromatic carbocycles. The number of halogens is 4. The van der Waals surface area contributed by atoms with Crippen LogP contribution in [0.2, 0.25) is 20.1 Å². The van der Waals surface area contributed by atoms with E-state index in [1.54, 1.807) is 12.1 Å². The first-order chi connectivity index (χ1) is 12.4. The number of nitro benzene ring substituents is 1. The quantitative estimate of drug-likeness (QED) is 0.241. The fraction of sp³-hybridized carbons (Fsp3) is 0.222. The molecule has 4 nitrogen and oxygen atoms in total. The van der Waals surface area contributed by atoms with Crippen molar-refractivity contribution in [2.45, 2.75) is 18.4 Å². The van der Waals surface area contributed by atoms with Crippen LogP contribution in [0, 0.1) is 16.0 Å². The summed E-state index contributed by atoms with van der Waals surface area (Å²) in [4.78, 5) is 10.8. The van der Waals surface area contributed by atoms with Crippen molar-refractivity contribution in [2.24, 2.45) is 5.92 Å². The number of nitrogens with one attached hydrogen (secondary N) is 1. The van der Waals surface area contributed by atoms with E-state index >= 15 is 0 Å². The third kappa shape index (κ3) is 2.76. The molecule has 0 amide bonds. The molecule has 0 radical (unpaired) electrons. The van der Waals surface area contributed by atoms with Gasteiger partial charge >= 0.3 is 0 Å². The van der Waals surface area contributed by atoms with Crippen molar-refractivity contribution in [1.29, 1.82) is 0 Å². The first kappa shape index (κ1) is 17.9. The Morgan fingerprint density at radius 3 is 2.58 bits per heavy atom. The van der Waals surface area contributed by atoms with Gasteiger partial charge in [-0.3, -0.25) is 10.1 Å². The molecule has 8 heteroatoms. The zero-order valence-corrected chi connectivity index (χ0v) is 16.2. The number of hydrogen-bond donors (Lipinski definition) is 1. The molecule has 4 rings (SSSR count). The molecule has 0 bridgehead atoms. The van der Waals surface area contributed by atoms with Crippen LogP contribution in [0.1, 0.15) is 29.5 Å². The van der Waals surface area contributed by atoms with E-state index in [-0.39, 0.29) is 23.6 Å². The first-order valence-electron chi connectivity index (χ1n) is 7.93. The van der Waals surface area contributed by atoms with Crippen molar-refractivity contribution in [3.05, 3.63) is 77.7 Å². The van der Waals surface area contributed by atoms with Crippen LogP contribution in [0.25, 0.3) is 0 Å². The van der Waals surface area contributed by atoms with Crippen LogP contribution in [-0.4, -0.2) is 4.92 Å². The lowest BCUT2D eigenvalue weighted by molar-refractivity contribution is -0.384. The maximum Gasteiger partial charge on any atom is 0.269 e. The van der Waals surface area contributed by atoms with E-state index in [2.05, 4.69) is 17.5 Å². The molecule has 0 fully saturated rings. The zero-order chi connectivity index (χ0) is 18.6. The summed E-state index contributed by atoms with van der Waals surface area (Å²) in [5, 5.41) is 16.4. The van der Waals surface area contributed by atoms with Gasteiger partial charge < -0.3 is 5.32 Å². The summed E-state index contributed by atoms with van der Waals surface area (Å²) in [5.41, 5.74) is 2.23. The van der Waals surface area contributed by atoms with Crippen molar-refractivity contribution in [1.82, 2.24) is 0 Å². The third-order valence-electron chi connectivity index (χ3n) is 5.01. The second kappa shape index (κ2) is 6.61. The van der Waals surface area contributed by atoms with Crippen LogP contribution in [0.3, 0.4) is 0 Å². The minimum absolute atomic E-state index is 0.000242. The Morgan fingerprint density at radius 2 is 1.85 bits per heavy atom. The van der Waals surface area contributed by atoms with Crippen LogP contribution in [0.4, 0.5) is 11.4 Å². The van der Waals surface area contributed by atoms with Crippen LogP contribution < -0.4 is 5.32 Å². The topological polar surface area (TPSA) is 55.2 Å². The number of rotatable bonds is 2. The molecule has 0 saturated heterocycles. The van der Waals surface area contributed by atoms with E-state index < -0.39 is 4.92 Å². The van der Waals surface area contributed by atoms with Crippen molar-refractivity contribution in [3.8, 4) is 0 Å². The molecule has 0 aromatic heterocycles. The lowest BCUT2D eigenvalue weighted by atomic mass is 9.77. The van der Waals surface area contributed by atoms with E-state index in [9.17, 15) is 10.1 Å². The molecule has 1 aliphatic heterocycles. The predicted octanol–water partition coefficient (Wildman–Crippen LogP) is 7.03. The maximum atomic E-state index is 11.2. The van der Waals surface area contributed by atoms with E-state index in [1.165, 1.54) is 12.1 Å². The lowest BCUT2D eigenvalue weighted by Gasteiger charge is -2.38. The minimum atomic E-state index is -0.426. The average molecular weight is 430 g/mol. The van der Waals surface area contributed by atoms with Gasteiger partial charge in [0.15, 0.2) is 0 Å². The third-order valence-corrected chi connectivity index (χ3v) is 6.45. The molecule has 26 heavy (non-hydrogen) atoms. The standard InChI is InChI=1S/C18H12Cl4N2O2/c19-12-5-4-8(24(25)26)6-11(12)17-10-3-1-2-9(10)15-16(22)13(20)7-14(21)18(15)23-17/h1-2,4-7,9-10,17,23H,3H2. The minimum Gasteiger partial charge on any atom is -0.376 e. The predicted molar refractivity (Wildman–Crippen MR) is 106 cm³/mol. The van der Waals surface area contributed by atoms with E-state index in [4.69, 9.17) is 46.4 Å². The molecule has 2 aliphatic rings. The number of nitrogens with zero attached hydrogens (tertiary/aromatic N) is 1. The number of benzene rings is 2. The Bertz CT molecular complexity index is 961. The van der Waals surface area contributed by atoms with Gasteiger partial charge in [-0.1, -0.05) is 58.6 Å². The van der Waals surface area contributed by atoms with Crippen LogP contribution in [0.5, 0.6) is 0 Å². The highest BCUT2D eigenvalue weighted by Gasteiger charge is 2.41. The van der Waals surface area contributed by atoms with Gasteiger partial charge in [0.25, 0.3) is 5.69 Å². The second-order valence-corrected chi connectivity index (χ2v) is 7.98. The molecule has 0 saturated carbocycles. The van der Waals surface area contributed by atoms with E-state index in [1.807, 2.05) is 0 Å². The lowest BCUT2D eigenvalue weighted by Crippen LogP contribution is -2.30. The van der Waals surface area contributed by atoms with Gasteiger partial charge in [0.05, 0.1) is 31.7 Å². The van der Waals surface area contributed by atoms with Gasteiger partial charge in [-0.05, 0) is 24.5 Å². The number of hydrogen-bond acceptors (Lipinski definition) is 3. The summed E-state index contributed by atoms with van der Waals surface area (Å²) in [6.45, 7) is 0. The van der Waals surface area contributed by atoms with Gasteiger partial charge in [0, 0.05) is 34.2 Å². The second-order valence-electron chi connectivity index (χ2n) is 6.38. The molecule has 2 aromatic rings. The molecule has 1 N–H and O–H groups in total. The van der Waals surface area contributed by atoms with Crippen molar-refractivity contribution < 1.29 is 4.92 Å². The van der Waals surface area contributed by atoms with Gasteiger partial charge in [0.1, 0.15) is 0 Å². The van der Waals surface area contributed by atoms with E-state index in [0.717, 1.165) is 12.0 Å². The summed E-state index contributed by atoms with van der Waals surface area (Å²) >= 11 is 25.5. The Hall–Kier alpha value is -1.46. The monoisotopic (exact) mass is 428 g/mol. The van der Waals surface area contributed by atoms with Crippen molar-refractivity contribution >= 4 is 57.8 Å². The smallest absolute Gasteiger partial charge is 0.269 e. The Morgan fingerprint density at radius 1 is 1.08 bits per heavy atom. The SMILES string of the molecule is O=[N+]([O-])c1ccc(Cl)c(C2Nc3c(Cl)cc(Cl)c(Cl)c3C3C=CCC32)c1. The number of non-ortho nitro benzene ring substituents is 1. The number of allylic oxidation sites excluding steroid dienone is 2. The molecule has 134 valence electrons. The fourth-order valence-electron chi connectivity index (χ4n) is 3.85. The van der Waals surface area contributed by atoms with Gasteiger partial charge in [-0.25, -0.2) is 0 Å². The molecule has 3 unspecified atom stereocenters. The van der Waals surface area contributed by atoms with Gasteiger partial charge in [-0.15, -0.1) is 0 Å².